The first-order chi connectivity index (χ1) is 17.7. The molecule has 2 aromatic carbocycles. The van der Waals surface area contributed by atoms with Gasteiger partial charge in [-0.15, -0.1) is 10.2 Å². The number of amides is 1. The van der Waals surface area contributed by atoms with Crippen molar-refractivity contribution < 1.29 is 18.0 Å². The molecule has 0 atom stereocenters. The highest BCUT2D eigenvalue weighted by Gasteiger charge is 2.40. The van der Waals surface area contributed by atoms with E-state index in [0.717, 1.165) is 30.2 Å². The molecule has 1 aliphatic heterocycles. The quantitative estimate of drug-likeness (QED) is 0.371. The van der Waals surface area contributed by atoms with Crippen molar-refractivity contribution >= 4 is 11.7 Å². The SMILES string of the molecule is Cn1cnnc1-c1ccc(C#N)cc1-c1cc(C2CC2)nc(N2Cc3c(cccc3C(F)(F)F)C2=O)c1. The third-order valence-electron chi connectivity index (χ3n) is 6.79. The van der Waals surface area contributed by atoms with E-state index in [1.807, 2.05) is 13.1 Å². The molecule has 1 aliphatic carbocycles. The van der Waals surface area contributed by atoms with Crippen molar-refractivity contribution in [1.82, 2.24) is 19.7 Å². The fourth-order valence-electron chi connectivity index (χ4n) is 4.78. The van der Waals surface area contributed by atoms with E-state index in [9.17, 15) is 23.2 Å². The van der Waals surface area contributed by atoms with Gasteiger partial charge in [-0.3, -0.25) is 9.69 Å². The summed E-state index contributed by atoms with van der Waals surface area (Å²) in [4.78, 5) is 19.3. The van der Waals surface area contributed by atoms with Crippen LogP contribution in [-0.2, 0) is 19.8 Å². The van der Waals surface area contributed by atoms with Crippen LogP contribution in [0.5, 0.6) is 0 Å². The molecule has 6 rings (SSSR count). The standard InChI is InChI=1S/C27H19F3N6O/c1-35-14-32-34-25(35)18-8-5-15(12-31)9-20(18)17-10-23(16-6-7-16)33-24(11-17)36-13-21-19(26(36)37)3-2-4-22(21)27(28,29)30/h2-5,8-11,14,16H,6-7,13H2,1H3. The molecule has 0 saturated heterocycles. The summed E-state index contributed by atoms with van der Waals surface area (Å²) in [6.45, 7) is -0.223. The summed E-state index contributed by atoms with van der Waals surface area (Å²) >= 11 is 0. The lowest BCUT2D eigenvalue weighted by molar-refractivity contribution is -0.138. The average molecular weight is 500 g/mol. The van der Waals surface area contributed by atoms with Crippen molar-refractivity contribution in [3.8, 4) is 28.6 Å². The van der Waals surface area contributed by atoms with Gasteiger partial charge in [-0.25, -0.2) is 4.98 Å². The smallest absolute Gasteiger partial charge is 0.317 e. The number of aromatic nitrogens is 4. The van der Waals surface area contributed by atoms with Gasteiger partial charge in [0.2, 0.25) is 0 Å². The van der Waals surface area contributed by atoms with Crippen LogP contribution < -0.4 is 4.90 Å². The third kappa shape index (κ3) is 3.93. The van der Waals surface area contributed by atoms with E-state index in [4.69, 9.17) is 4.98 Å². The number of benzene rings is 2. The van der Waals surface area contributed by atoms with Crippen LogP contribution in [0.25, 0.3) is 22.5 Å². The summed E-state index contributed by atoms with van der Waals surface area (Å²) in [5, 5.41) is 17.7. The number of hydrogen-bond donors (Lipinski definition) is 0. The lowest BCUT2D eigenvalue weighted by Gasteiger charge is -2.19. The van der Waals surface area contributed by atoms with Gasteiger partial charge in [0, 0.05) is 29.8 Å². The maximum Gasteiger partial charge on any atom is 0.416 e. The number of carbonyl (C=O) groups is 1. The zero-order valence-corrected chi connectivity index (χ0v) is 19.6. The number of carbonyl (C=O) groups excluding carboxylic acids is 1. The van der Waals surface area contributed by atoms with Gasteiger partial charge in [0.05, 0.1) is 23.7 Å². The van der Waals surface area contributed by atoms with Gasteiger partial charge < -0.3 is 4.57 Å². The van der Waals surface area contributed by atoms with Crippen LogP contribution in [0.4, 0.5) is 19.0 Å². The molecule has 0 bridgehead atoms. The van der Waals surface area contributed by atoms with E-state index in [0.29, 0.717) is 22.5 Å². The Labute approximate surface area is 209 Å². The summed E-state index contributed by atoms with van der Waals surface area (Å²) in [6.07, 6.45) is -1.12. The van der Waals surface area contributed by atoms with E-state index < -0.39 is 17.6 Å². The molecular weight excluding hydrogens is 481 g/mol. The predicted octanol–water partition coefficient (Wildman–Crippen LogP) is 5.47. The fraction of sp³-hybridized carbons (Fsp3) is 0.222. The van der Waals surface area contributed by atoms with Crippen LogP contribution in [0, 0.1) is 11.3 Å². The number of nitriles is 1. The van der Waals surface area contributed by atoms with Gasteiger partial charge >= 0.3 is 6.18 Å². The Bertz CT molecular complexity index is 1610. The predicted molar refractivity (Wildman–Crippen MR) is 128 cm³/mol. The molecule has 10 heteroatoms. The largest absolute Gasteiger partial charge is 0.416 e. The highest BCUT2D eigenvalue weighted by molar-refractivity contribution is 6.10. The fourth-order valence-corrected chi connectivity index (χ4v) is 4.78. The van der Waals surface area contributed by atoms with E-state index in [-0.39, 0.29) is 29.4 Å². The van der Waals surface area contributed by atoms with E-state index in [1.165, 1.54) is 17.0 Å². The highest BCUT2D eigenvalue weighted by atomic mass is 19.4. The first-order valence-corrected chi connectivity index (χ1v) is 11.7. The number of nitrogens with zero attached hydrogens (tertiary/aromatic N) is 6. The maximum atomic E-state index is 13.7. The molecule has 1 saturated carbocycles. The number of aryl methyl sites for hydroxylation is 1. The normalized spacial score (nSPS) is 15.1. The second kappa shape index (κ2) is 8.27. The summed E-state index contributed by atoms with van der Waals surface area (Å²) in [7, 11) is 1.81. The minimum atomic E-state index is -4.57. The summed E-state index contributed by atoms with van der Waals surface area (Å²) in [6, 6.07) is 14.7. The Morgan fingerprint density at radius 1 is 1.05 bits per heavy atom. The first kappa shape index (κ1) is 22.9. The number of alkyl halides is 3. The summed E-state index contributed by atoms with van der Waals surface area (Å²) in [5.41, 5.74) is 2.49. The minimum absolute atomic E-state index is 0.0289. The third-order valence-corrected chi connectivity index (χ3v) is 6.79. The van der Waals surface area contributed by atoms with Crippen LogP contribution >= 0.6 is 0 Å². The molecule has 0 N–H and O–H groups in total. The van der Waals surface area contributed by atoms with Crippen LogP contribution in [-0.4, -0.2) is 25.7 Å². The minimum Gasteiger partial charge on any atom is -0.317 e. The van der Waals surface area contributed by atoms with Crippen molar-refractivity contribution in [3.63, 3.8) is 0 Å². The molecule has 1 fully saturated rings. The van der Waals surface area contributed by atoms with Crippen molar-refractivity contribution in [2.24, 2.45) is 7.05 Å². The Hall–Kier alpha value is -4.52. The summed E-state index contributed by atoms with van der Waals surface area (Å²) < 4.78 is 42.7. The molecule has 0 spiro atoms. The molecule has 184 valence electrons. The van der Waals surface area contributed by atoms with Crippen molar-refractivity contribution in [2.75, 3.05) is 4.90 Å². The number of pyridine rings is 1. The monoisotopic (exact) mass is 500 g/mol. The molecule has 3 heterocycles. The molecule has 2 aliphatic rings. The van der Waals surface area contributed by atoms with Crippen LogP contribution in [0.15, 0.2) is 54.9 Å². The van der Waals surface area contributed by atoms with E-state index >= 15 is 0 Å². The Morgan fingerprint density at radius 3 is 2.54 bits per heavy atom. The van der Waals surface area contributed by atoms with Crippen molar-refractivity contribution in [2.45, 2.75) is 31.5 Å². The molecule has 2 aromatic heterocycles. The lowest BCUT2D eigenvalue weighted by atomic mass is 9.96. The number of fused-ring (bicyclic) bond motifs is 1. The van der Waals surface area contributed by atoms with Crippen molar-refractivity contribution in [3.05, 3.63) is 82.8 Å². The Morgan fingerprint density at radius 2 is 1.86 bits per heavy atom. The maximum absolute atomic E-state index is 13.7. The summed E-state index contributed by atoms with van der Waals surface area (Å²) in [5.74, 6) is 0.555. The zero-order chi connectivity index (χ0) is 25.9. The second-order valence-corrected chi connectivity index (χ2v) is 9.27. The van der Waals surface area contributed by atoms with Gasteiger partial charge in [0.1, 0.15) is 12.1 Å². The molecule has 4 aromatic rings. The van der Waals surface area contributed by atoms with Gasteiger partial charge in [-0.2, -0.15) is 18.4 Å². The molecule has 0 unspecified atom stereocenters. The van der Waals surface area contributed by atoms with Crippen LogP contribution in [0.2, 0.25) is 0 Å². The van der Waals surface area contributed by atoms with E-state index in [2.05, 4.69) is 16.3 Å². The number of rotatable bonds is 4. The van der Waals surface area contributed by atoms with Gasteiger partial charge in [0.15, 0.2) is 5.82 Å². The Kier molecular flexibility index (Phi) is 5.12. The molecular formula is C27H19F3N6O. The zero-order valence-electron chi connectivity index (χ0n) is 19.6. The topological polar surface area (TPSA) is 87.7 Å². The molecule has 1 amide bonds. The number of anilines is 1. The van der Waals surface area contributed by atoms with Crippen LogP contribution in [0.3, 0.4) is 0 Å². The van der Waals surface area contributed by atoms with Gasteiger partial charge in [0.25, 0.3) is 5.91 Å². The number of halogens is 3. The molecule has 37 heavy (non-hydrogen) atoms. The first-order valence-electron chi connectivity index (χ1n) is 11.7. The molecule has 0 radical (unpaired) electrons. The average Bonchev–Trinajstić information content (AvgIpc) is 3.57. The number of hydrogen-bond acceptors (Lipinski definition) is 5. The van der Waals surface area contributed by atoms with Gasteiger partial charge in [-0.1, -0.05) is 6.07 Å². The highest BCUT2D eigenvalue weighted by Crippen LogP contribution is 2.44. The van der Waals surface area contributed by atoms with Crippen LogP contribution in [0.1, 0.15) is 51.5 Å². The lowest BCUT2D eigenvalue weighted by Crippen LogP contribution is -2.24. The Balaban J connectivity index is 1.51. The van der Waals surface area contributed by atoms with Gasteiger partial charge in [-0.05, 0) is 72.0 Å². The van der Waals surface area contributed by atoms with Crippen molar-refractivity contribution in [1.29, 1.82) is 5.26 Å². The van der Waals surface area contributed by atoms with E-state index in [1.54, 1.807) is 35.2 Å². The second-order valence-electron chi connectivity index (χ2n) is 9.27. The molecule has 7 nitrogen and oxygen atoms in total.